The van der Waals surface area contributed by atoms with E-state index < -0.39 is 17.7 Å². The van der Waals surface area contributed by atoms with Gasteiger partial charge in [-0.25, -0.2) is 0 Å². The first-order valence-electron chi connectivity index (χ1n) is 9.86. The number of aryl methyl sites for hydroxylation is 2. The van der Waals surface area contributed by atoms with Crippen LogP contribution >= 0.6 is 0 Å². The van der Waals surface area contributed by atoms with Crippen LogP contribution in [-0.4, -0.2) is 51.7 Å². The summed E-state index contributed by atoms with van der Waals surface area (Å²) in [5.74, 6) is -0.517. The van der Waals surface area contributed by atoms with Crippen LogP contribution in [-0.2, 0) is 16.6 Å². The van der Waals surface area contributed by atoms with Crippen LogP contribution in [0.1, 0.15) is 42.4 Å². The van der Waals surface area contributed by atoms with Crippen LogP contribution in [0.5, 0.6) is 11.5 Å². The van der Waals surface area contributed by atoms with Crippen molar-refractivity contribution in [2.24, 2.45) is 7.05 Å². The molecular weight excluding hydrogens is 386 g/mol. The first-order chi connectivity index (χ1) is 14.3. The number of aromatic nitrogens is 2. The van der Waals surface area contributed by atoms with Crippen LogP contribution in [0.15, 0.2) is 23.8 Å². The zero-order chi connectivity index (χ0) is 22.2. The first kappa shape index (κ1) is 21.4. The molecule has 1 aromatic heterocycles. The number of ether oxygens (including phenoxy) is 2. The van der Waals surface area contributed by atoms with Gasteiger partial charge in [0.15, 0.2) is 11.5 Å². The fourth-order valence-corrected chi connectivity index (χ4v) is 3.93. The number of amides is 1. The Balaban J connectivity index is 2.24. The van der Waals surface area contributed by atoms with Gasteiger partial charge in [0.05, 0.1) is 36.6 Å². The van der Waals surface area contributed by atoms with Gasteiger partial charge < -0.3 is 19.5 Å². The Kier molecular flexibility index (Phi) is 5.87. The molecule has 3 rings (SSSR count). The van der Waals surface area contributed by atoms with E-state index in [2.05, 4.69) is 5.10 Å². The van der Waals surface area contributed by atoms with Crippen molar-refractivity contribution < 1.29 is 24.2 Å². The van der Waals surface area contributed by atoms with Gasteiger partial charge in [-0.3, -0.25) is 14.3 Å². The molecule has 1 saturated heterocycles. The number of ketones is 1. The zero-order valence-electron chi connectivity index (χ0n) is 18.1. The summed E-state index contributed by atoms with van der Waals surface area (Å²) in [6.07, 6.45) is 0. The molecule has 8 nitrogen and oxygen atoms in total. The molecule has 2 heterocycles. The maximum atomic E-state index is 12.9. The summed E-state index contributed by atoms with van der Waals surface area (Å²) in [5, 5.41) is 15.5. The van der Waals surface area contributed by atoms with E-state index >= 15 is 0 Å². The highest BCUT2D eigenvalue weighted by atomic mass is 16.5. The molecule has 1 atom stereocenters. The van der Waals surface area contributed by atoms with E-state index in [0.717, 1.165) is 0 Å². The third-order valence-electron chi connectivity index (χ3n) is 5.43. The van der Waals surface area contributed by atoms with Crippen molar-refractivity contribution in [3.63, 3.8) is 0 Å². The van der Waals surface area contributed by atoms with Crippen LogP contribution in [0.25, 0.3) is 5.76 Å². The van der Waals surface area contributed by atoms with E-state index in [1.165, 1.54) is 12.0 Å². The van der Waals surface area contributed by atoms with Crippen molar-refractivity contribution in [3.05, 3.63) is 46.3 Å². The summed E-state index contributed by atoms with van der Waals surface area (Å²) >= 11 is 0. The van der Waals surface area contributed by atoms with Gasteiger partial charge in [0.25, 0.3) is 11.7 Å². The number of hydrogen-bond acceptors (Lipinski definition) is 6. The van der Waals surface area contributed by atoms with E-state index in [1.807, 2.05) is 6.92 Å². The smallest absolute Gasteiger partial charge is 0.295 e. The predicted molar refractivity (Wildman–Crippen MR) is 112 cm³/mol. The van der Waals surface area contributed by atoms with E-state index in [0.29, 0.717) is 47.2 Å². The number of carbonyl (C=O) groups excluding carboxylic acids is 2. The molecule has 0 bridgehead atoms. The minimum atomic E-state index is -0.737. The second-order valence-corrected chi connectivity index (χ2v) is 7.10. The minimum Gasteiger partial charge on any atom is -0.507 e. The van der Waals surface area contributed by atoms with Gasteiger partial charge in [0.2, 0.25) is 0 Å². The fourth-order valence-electron chi connectivity index (χ4n) is 3.93. The molecule has 1 aromatic carbocycles. The molecular formula is C22H27N3O5. The standard InChI is InChI=1S/C22H27N3O5/c1-7-25-19(14-9-10-15(30-8-2)16(11-14)29-6)18(21(27)22(25)28)20(26)17-12(3)23-24(5)13(17)4/h9-11,19,26H,7-8H2,1-6H3/b20-18+. The molecule has 1 amide bonds. The lowest BCUT2D eigenvalue weighted by Gasteiger charge is -2.24. The number of hydrogen-bond donors (Lipinski definition) is 1. The Labute approximate surface area is 175 Å². The average Bonchev–Trinajstić information content (AvgIpc) is 3.13. The third-order valence-corrected chi connectivity index (χ3v) is 5.43. The van der Waals surface area contributed by atoms with Crippen LogP contribution in [0, 0.1) is 13.8 Å². The molecule has 1 fully saturated rings. The quantitative estimate of drug-likeness (QED) is 0.445. The van der Waals surface area contributed by atoms with E-state index in [4.69, 9.17) is 9.47 Å². The van der Waals surface area contributed by atoms with Crippen molar-refractivity contribution in [2.75, 3.05) is 20.3 Å². The molecule has 8 heteroatoms. The largest absolute Gasteiger partial charge is 0.507 e. The molecule has 0 radical (unpaired) electrons. The first-order valence-corrected chi connectivity index (χ1v) is 9.86. The van der Waals surface area contributed by atoms with Crippen molar-refractivity contribution >= 4 is 17.4 Å². The van der Waals surface area contributed by atoms with Gasteiger partial charge in [-0.05, 0) is 45.4 Å². The summed E-state index contributed by atoms with van der Waals surface area (Å²) in [4.78, 5) is 27.1. The monoisotopic (exact) mass is 413 g/mol. The van der Waals surface area contributed by atoms with Crippen molar-refractivity contribution in [3.8, 4) is 11.5 Å². The van der Waals surface area contributed by atoms with Gasteiger partial charge in [-0.2, -0.15) is 5.10 Å². The van der Waals surface area contributed by atoms with Gasteiger partial charge in [0.1, 0.15) is 5.76 Å². The van der Waals surface area contributed by atoms with Crippen LogP contribution in [0.3, 0.4) is 0 Å². The molecule has 160 valence electrons. The number of aliphatic hydroxyl groups is 1. The number of Topliss-reactive ketones (excluding diaryl/α,β-unsaturated/α-hetero) is 1. The molecule has 0 spiro atoms. The summed E-state index contributed by atoms with van der Waals surface area (Å²) in [5.41, 5.74) is 2.45. The summed E-state index contributed by atoms with van der Waals surface area (Å²) < 4.78 is 12.6. The number of nitrogens with zero attached hydrogens (tertiary/aromatic N) is 3. The number of aliphatic hydroxyl groups excluding tert-OH is 1. The highest BCUT2D eigenvalue weighted by Gasteiger charge is 2.46. The molecule has 1 N–H and O–H groups in total. The Hall–Kier alpha value is -3.29. The Morgan fingerprint density at radius 1 is 1.20 bits per heavy atom. The Morgan fingerprint density at radius 2 is 1.90 bits per heavy atom. The van der Waals surface area contributed by atoms with Crippen LogP contribution in [0.2, 0.25) is 0 Å². The van der Waals surface area contributed by atoms with Crippen LogP contribution in [0.4, 0.5) is 0 Å². The number of likely N-dealkylation sites (N-methyl/N-ethyl adjacent to an activating group) is 1. The van der Waals surface area contributed by atoms with Gasteiger partial charge >= 0.3 is 0 Å². The molecule has 0 aliphatic carbocycles. The topological polar surface area (TPSA) is 93.9 Å². The molecule has 0 saturated carbocycles. The van der Waals surface area contributed by atoms with Gasteiger partial charge in [-0.1, -0.05) is 6.07 Å². The molecule has 2 aromatic rings. The molecule has 1 unspecified atom stereocenters. The number of methoxy groups -OCH3 is 1. The lowest BCUT2D eigenvalue weighted by atomic mass is 9.94. The number of rotatable bonds is 6. The maximum absolute atomic E-state index is 12.9. The number of benzene rings is 1. The lowest BCUT2D eigenvalue weighted by Crippen LogP contribution is -2.29. The van der Waals surface area contributed by atoms with E-state index in [-0.39, 0.29) is 11.3 Å². The Morgan fingerprint density at radius 3 is 2.43 bits per heavy atom. The highest BCUT2D eigenvalue weighted by Crippen LogP contribution is 2.42. The second-order valence-electron chi connectivity index (χ2n) is 7.10. The molecule has 30 heavy (non-hydrogen) atoms. The minimum absolute atomic E-state index is 0.0484. The Bertz CT molecular complexity index is 1040. The van der Waals surface area contributed by atoms with Crippen LogP contribution < -0.4 is 9.47 Å². The molecule has 1 aliphatic heterocycles. The van der Waals surface area contributed by atoms with Gasteiger partial charge in [-0.15, -0.1) is 0 Å². The van der Waals surface area contributed by atoms with Crippen molar-refractivity contribution in [2.45, 2.75) is 33.7 Å². The predicted octanol–water partition coefficient (Wildman–Crippen LogP) is 2.89. The number of carbonyl (C=O) groups is 2. The zero-order valence-corrected chi connectivity index (χ0v) is 18.1. The van der Waals surface area contributed by atoms with Gasteiger partial charge in [0, 0.05) is 19.3 Å². The normalized spacial score (nSPS) is 18.2. The average molecular weight is 413 g/mol. The van der Waals surface area contributed by atoms with Crippen molar-refractivity contribution in [1.29, 1.82) is 0 Å². The lowest BCUT2D eigenvalue weighted by molar-refractivity contribution is -0.139. The SMILES string of the molecule is CCOc1ccc(C2/C(=C(\O)c3c(C)nn(C)c3C)C(=O)C(=O)N2CC)cc1OC. The number of likely N-dealkylation sites (tertiary alicyclic amines) is 1. The summed E-state index contributed by atoms with van der Waals surface area (Å²) in [6, 6.07) is 4.52. The van der Waals surface area contributed by atoms with E-state index in [9.17, 15) is 14.7 Å². The molecule has 1 aliphatic rings. The third kappa shape index (κ3) is 3.32. The second kappa shape index (κ2) is 8.22. The summed E-state index contributed by atoms with van der Waals surface area (Å²) in [7, 11) is 3.29. The summed E-state index contributed by atoms with van der Waals surface area (Å²) in [6.45, 7) is 8.02. The van der Waals surface area contributed by atoms with E-state index in [1.54, 1.807) is 50.7 Å². The maximum Gasteiger partial charge on any atom is 0.295 e. The fraction of sp³-hybridized carbons (Fsp3) is 0.409. The highest BCUT2D eigenvalue weighted by molar-refractivity contribution is 6.46. The van der Waals surface area contributed by atoms with Crippen molar-refractivity contribution in [1.82, 2.24) is 14.7 Å².